The Morgan fingerprint density at radius 2 is 1.60 bits per heavy atom. The Hall–Kier alpha value is -2.50. The standard InChI is InChI=1S/C19H19F3N2O/c1-12-9-13(10-16(17(12)25)18(2,3)4)11-23-24-15-7-5-14(6-8-15)19(20,21)22/h5-11H,1-4H3. The molecular weight excluding hydrogens is 329 g/mol. The lowest BCUT2D eigenvalue weighted by molar-refractivity contribution is -0.137. The van der Waals surface area contributed by atoms with Crippen molar-refractivity contribution in [3.05, 3.63) is 64.9 Å². The Bertz CT molecular complexity index is 789. The van der Waals surface area contributed by atoms with Gasteiger partial charge < -0.3 is 0 Å². The molecule has 0 aromatic heterocycles. The second-order valence-electron chi connectivity index (χ2n) is 6.85. The normalized spacial score (nSPS) is 17.9. The van der Waals surface area contributed by atoms with Gasteiger partial charge >= 0.3 is 6.18 Å². The van der Waals surface area contributed by atoms with Crippen molar-refractivity contribution in [2.24, 2.45) is 15.6 Å². The highest BCUT2D eigenvalue weighted by molar-refractivity contribution is 6.10. The molecule has 1 aromatic rings. The molecule has 0 aliphatic heterocycles. The molecule has 0 heterocycles. The van der Waals surface area contributed by atoms with Crippen molar-refractivity contribution in [1.29, 1.82) is 0 Å². The predicted molar refractivity (Wildman–Crippen MR) is 90.3 cm³/mol. The molecule has 0 atom stereocenters. The van der Waals surface area contributed by atoms with E-state index in [1.54, 1.807) is 19.1 Å². The highest BCUT2D eigenvalue weighted by Crippen LogP contribution is 2.33. The summed E-state index contributed by atoms with van der Waals surface area (Å²) in [4.78, 5) is 12.2. The van der Waals surface area contributed by atoms with Gasteiger partial charge in [-0.25, -0.2) is 0 Å². The van der Waals surface area contributed by atoms with Gasteiger partial charge in [0, 0.05) is 5.57 Å². The SMILES string of the molecule is CC1=CC(=CN=Nc2ccc(C(F)(F)F)cc2)C=C(C(C)(C)C)C1=O. The molecule has 0 spiro atoms. The Balaban J connectivity index is 2.22. The van der Waals surface area contributed by atoms with Crippen LogP contribution in [0.4, 0.5) is 18.9 Å². The number of nitrogens with zero attached hydrogens (tertiary/aromatic N) is 2. The van der Waals surface area contributed by atoms with Crippen molar-refractivity contribution in [2.45, 2.75) is 33.9 Å². The average molecular weight is 348 g/mol. The summed E-state index contributed by atoms with van der Waals surface area (Å²) in [6.45, 7) is 7.60. The van der Waals surface area contributed by atoms with Crippen LogP contribution in [0.3, 0.4) is 0 Å². The van der Waals surface area contributed by atoms with Crippen molar-refractivity contribution in [3.63, 3.8) is 0 Å². The van der Waals surface area contributed by atoms with E-state index < -0.39 is 11.7 Å². The van der Waals surface area contributed by atoms with Gasteiger partial charge in [0.1, 0.15) is 0 Å². The average Bonchev–Trinajstić information content (AvgIpc) is 2.49. The molecular formula is C19H19F3N2O. The van der Waals surface area contributed by atoms with E-state index in [-0.39, 0.29) is 11.2 Å². The molecule has 1 aliphatic carbocycles. The lowest BCUT2D eigenvalue weighted by Gasteiger charge is -2.24. The summed E-state index contributed by atoms with van der Waals surface area (Å²) in [6, 6.07) is 4.43. The van der Waals surface area contributed by atoms with E-state index in [0.29, 0.717) is 16.8 Å². The lowest BCUT2D eigenvalue weighted by atomic mass is 9.78. The number of benzene rings is 1. The zero-order chi connectivity index (χ0) is 18.8. The number of carbonyl (C=O) groups is 1. The number of halogens is 3. The van der Waals surface area contributed by atoms with Gasteiger partial charge in [0.15, 0.2) is 5.78 Å². The molecule has 0 N–H and O–H groups in total. The zero-order valence-corrected chi connectivity index (χ0v) is 14.5. The van der Waals surface area contributed by atoms with Gasteiger partial charge in [-0.2, -0.15) is 23.4 Å². The maximum absolute atomic E-state index is 12.5. The number of alkyl halides is 3. The smallest absolute Gasteiger partial charge is 0.289 e. The molecule has 132 valence electrons. The Kier molecular flexibility index (Phi) is 5.11. The fraction of sp³-hybridized carbons (Fsp3) is 0.316. The monoisotopic (exact) mass is 348 g/mol. The van der Waals surface area contributed by atoms with E-state index >= 15 is 0 Å². The Morgan fingerprint density at radius 1 is 1.00 bits per heavy atom. The molecule has 0 saturated carbocycles. The summed E-state index contributed by atoms with van der Waals surface area (Å²) in [7, 11) is 0. The van der Waals surface area contributed by atoms with Crippen LogP contribution in [-0.2, 0) is 11.0 Å². The third kappa shape index (κ3) is 4.75. The van der Waals surface area contributed by atoms with E-state index in [1.807, 2.05) is 20.8 Å². The van der Waals surface area contributed by atoms with Crippen LogP contribution < -0.4 is 0 Å². The second-order valence-corrected chi connectivity index (χ2v) is 6.85. The van der Waals surface area contributed by atoms with Crippen LogP contribution in [0.2, 0.25) is 0 Å². The first-order valence-corrected chi connectivity index (χ1v) is 7.72. The molecule has 0 radical (unpaired) electrons. The number of Topliss-reactive ketones (excluding diaryl/α,β-unsaturated/α-hetero) is 1. The molecule has 0 amide bonds. The minimum absolute atomic E-state index is 0.00401. The van der Waals surface area contributed by atoms with Crippen LogP contribution in [0.5, 0.6) is 0 Å². The molecule has 0 fully saturated rings. The van der Waals surface area contributed by atoms with Crippen molar-refractivity contribution < 1.29 is 18.0 Å². The molecule has 3 nitrogen and oxygen atoms in total. The van der Waals surface area contributed by atoms with Crippen molar-refractivity contribution in [3.8, 4) is 0 Å². The van der Waals surface area contributed by atoms with Crippen LogP contribution in [0.1, 0.15) is 33.3 Å². The summed E-state index contributed by atoms with van der Waals surface area (Å²) in [5.41, 5.74) is 1.31. The van der Waals surface area contributed by atoms with E-state index in [2.05, 4.69) is 10.2 Å². The first kappa shape index (κ1) is 18.8. The van der Waals surface area contributed by atoms with Gasteiger partial charge in [-0.1, -0.05) is 20.8 Å². The fourth-order valence-corrected chi connectivity index (χ4v) is 2.31. The summed E-state index contributed by atoms with van der Waals surface area (Å²) >= 11 is 0. The van der Waals surface area contributed by atoms with Crippen molar-refractivity contribution in [1.82, 2.24) is 0 Å². The lowest BCUT2D eigenvalue weighted by Crippen LogP contribution is -2.21. The van der Waals surface area contributed by atoms with E-state index in [1.165, 1.54) is 18.3 Å². The van der Waals surface area contributed by atoms with Crippen LogP contribution in [0.25, 0.3) is 0 Å². The first-order valence-electron chi connectivity index (χ1n) is 7.72. The zero-order valence-electron chi connectivity index (χ0n) is 14.5. The minimum Gasteiger partial charge on any atom is -0.289 e. The van der Waals surface area contributed by atoms with E-state index in [4.69, 9.17) is 0 Å². The van der Waals surface area contributed by atoms with Crippen LogP contribution >= 0.6 is 0 Å². The number of hydrogen-bond donors (Lipinski definition) is 0. The number of allylic oxidation sites excluding steroid dienone is 5. The first-order chi connectivity index (χ1) is 11.5. The molecule has 0 bridgehead atoms. The molecule has 6 heteroatoms. The van der Waals surface area contributed by atoms with E-state index in [0.717, 1.165) is 17.7 Å². The van der Waals surface area contributed by atoms with E-state index in [9.17, 15) is 18.0 Å². The summed E-state index contributed by atoms with van der Waals surface area (Å²) < 4.78 is 37.5. The van der Waals surface area contributed by atoms with Crippen LogP contribution in [0, 0.1) is 5.41 Å². The van der Waals surface area contributed by atoms with Gasteiger partial charge in [-0.15, -0.1) is 0 Å². The van der Waals surface area contributed by atoms with Gasteiger partial charge in [0.25, 0.3) is 0 Å². The minimum atomic E-state index is -4.37. The molecule has 0 unspecified atom stereocenters. The number of hydrogen-bond acceptors (Lipinski definition) is 3. The Labute approximate surface area is 144 Å². The second kappa shape index (κ2) is 6.78. The van der Waals surface area contributed by atoms with Crippen molar-refractivity contribution in [2.75, 3.05) is 0 Å². The van der Waals surface area contributed by atoms with Gasteiger partial charge in [-0.3, -0.25) is 4.79 Å². The largest absolute Gasteiger partial charge is 0.416 e. The van der Waals surface area contributed by atoms with Crippen LogP contribution in [0.15, 0.2) is 69.6 Å². The number of carbonyl (C=O) groups excluding carboxylic acids is 1. The maximum atomic E-state index is 12.5. The Morgan fingerprint density at radius 3 is 2.12 bits per heavy atom. The predicted octanol–water partition coefficient (Wildman–Crippen LogP) is 6.17. The number of ketones is 1. The van der Waals surface area contributed by atoms with Crippen molar-refractivity contribution >= 4 is 11.5 Å². The topological polar surface area (TPSA) is 41.8 Å². The molecule has 2 rings (SSSR count). The number of azo groups is 1. The molecule has 1 aliphatic rings. The molecule has 25 heavy (non-hydrogen) atoms. The maximum Gasteiger partial charge on any atom is 0.416 e. The highest BCUT2D eigenvalue weighted by atomic mass is 19.4. The fourth-order valence-electron chi connectivity index (χ4n) is 2.31. The quantitative estimate of drug-likeness (QED) is 0.589. The van der Waals surface area contributed by atoms with Gasteiger partial charge in [0.2, 0.25) is 0 Å². The third-order valence-electron chi connectivity index (χ3n) is 3.68. The summed E-state index contributed by atoms with van der Waals surface area (Å²) in [5, 5.41) is 7.81. The molecule has 0 saturated heterocycles. The van der Waals surface area contributed by atoms with Gasteiger partial charge in [0.05, 0.1) is 17.5 Å². The summed E-state index contributed by atoms with van der Waals surface area (Å²) in [6.07, 6.45) is 0.590. The molecule has 1 aromatic carbocycles. The highest BCUT2D eigenvalue weighted by Gasteiger charge is 2.30. The van der Waals surface area contributed by atoms with Gasteiger partial charge in [-0.05, 0) is 59.9 Å². The third-order valence-corrected chi connectivity index (χ3v) is 3.68. The van der Waals surface area contributed by atoms with Crippen LogP contribution in [-0.4, -0.2) is 5.78 Å². The number of rotatable bonds is 2. The summed E-state index contributed by atoms with van der Waals surface area (Å²) in [5.74, 6) is 0.00401.